The lowest BCUT2D eigenvalue weighted by Crippen LogP contribution is -2.49. The zero-order valence-corrected chi connectivity index (χ0v) is 10.7. The molecule has 18 heavy (non-hydrogen) atoms. The van der Waals surface area contributed by atoms with E-state index in [0.717, 1.165) is 19.4 Å². The van der Waals surface area contributed by atoms with Gasteiger partial charge in [0.1, 0.15) is 0 Å². The fraction of sp³-hybridized carbons (Fsp3) is 0.818. The second-order valence-corrected chi connectivity index (χ2v) is 4.47. The Bertz CT molecular complexity index is 298. The number of hydrogen-bond donors (Lipinski definition) is 3. The molecule has 1 aliphatic heterocycles. The van der Waals surface area contributed by atoms with Crippen molar-refractivity contribution in [1.29, 1.82) is 0 Å². The van der Waals surface area contributed by atoms with Gasteiger partial charge in [-0.05, 0) is 12.8 Å². The first-order valence-electron chi connectivity index (χ1n) is 6.13. The Morgan fingerprint density at radius 1 is 1.50 bits per heavy atom. The molecule has 0 spiro atoms. The van der Waals surface area contributed by atoms with Crippen molar-refractivity contribution >= 4 is 11.9 Å². The predicted molar refractivity (Wildman–Crippen MR) is 66.8 cm³/mol. The Balaban J connectivity index is 2.37. The van der Waals surface area contributed by atoms with Crippen LogP contribution in [0.1, 0.15) is 19.3 Å². The van der Waals surface area contributed by atoms with Crippen molar-refractivity contribution in [2.45, 2.75) is 31.4 Å². The number of hydrogen-bond acceptors (Lipinski definition) is 5. The van der Waals surface area contributed by atoms with E-state index in [1.54, 1.807) is 7.11 Å². The number of amides is 3. The molecule has 0 aliphatic carbocycles. The minimum atomic E-state index is -0.812. The third-order valence-corrected chi connectivity index (χ3v) is 3.28. The Morgan fingerprint density at radius 3 is 2.78 bits per heavy atom. The monoisotopic (exact) mass is 258 g/mol. The first kappa shape index (κ1) is 14.9. The van der Waals surface area contributed by atoms with E-state index < -0.39 is 6.03 Å². The molecular formula is C11H22N4O3. The lowest BCUT2D eigenvalue weighted by atomic mass is 9.99. The maximum atomic E-state index is 11.3. The number of primary amides is 1. The van der Waals surface area contributed by atoms with Gasteiger partial charge in [0.2, 0.25) is 5.91 Å². The van der Waals surface area contributed by atoms with Gasteiger partial charge in [-0.15, -0.1) is 0 Å². The Labute approximate surface area is 107 Å². The van der Waals surface area contributed by atoms with Gasteiger partial charge in [0.05, 0.1) is 6.10 Å². The smallest absolute Gasteiger partial charge is 0.318 e. The summed E-state index contributed by atoms with van der Waals surface area (Å²) in [6.07, 6.45) is 2.31. The van der Waals surface area contributed by atoms with E-state index in [0.29, 0.717) is 13.1 Å². The van der Waals surface area contributed by atoms with Crippen LogP contribution in [-0.2, 0) is 9.53 Å². The molecule has 7 heteroatoms. The number of imide groups is 1. The molecule has 1 aliphatic rings. The van der Waals surface area contributed by atoms with E-state index in [4.69, 9.17) is 16.2 Å². The molecule has 1 fully saturated rings. The van der Waals surface area contributed by atoms with Crippen molar-refractivity contribution < 1.29 is 14.3 Å². The van der Waals surface area contributed by atoms with Crippen molar-refractivity contribution in [3.8, 4) is 0 Å². The lowest BCUT2D eigenvalue weighted by Gasteiger charge is -2.38. The molecule has 7 nitrogen and oxygen atoms in total. The molecule has 1 saturated heterocycles. The second kappa shape index (κ2) is 7.30. The highest BCUT2D eigenvalue weighted by atomic mass is 16.5. The molecule has 0 saturated carbocycles. The normalized spacial score (nSPS) is 24.8. The SMILES string of the molecule is COC1CCN(CCC(=O)NC(N)=O)C(CN)C1. The van der Waals surface area contributed by atoms with Gasteiger partial charge in [0.15, 0.2) is 0 Å². The summed E-state index contributed by atoms with van der Waals surface area (Å²) in [6.45, 7) is 1.97. The predicted octanol–water partition coefficient (Wildman–Crippen LogP) is -0.990. The summed E-state index contributed by atoms with van der Waals surface area (Å²) in [7, 11) is 1.70. The van der Waals surface area contributed by atoms with E-state index in [1.807, 2.05) is 0 Å². The van der Waals surface area contributed by atoms with Crippen molar-refractivity contribution in [2.75, 3.05) is 26.7 Å². The minimum absolute atomic E-state index is 0.227. The standard InChI is InChI=1S/C11H22N4O3/c1-18-9-2-4-15(8(6-9)7-12)5-3-10(16)14-11(13)17/h8-9H,2-7,12H2,1H3,(H3,13,14,16,17). The van der Waals surface area contributed by atoms with E-state index >= 15 is 0 Å². The summed E-state index contributed by atoms with van der Waals surface area (Å²) in [5.41, 5.74) is 10.6. The molecule has 3 amide bonds. The number of carbonyl (C=O) groups excluding carboxylic acids is 2. The van der Waals surface area contributed by atoms with Crippen LogP contribution in [0, 0.1) is 0 Å². The molecule has 104 valence electrons. The molecule has 2 unspecified atom stereocenters. The van der Waals surface area contributed by atoms with Crippen molar-refractivity contribution in [3.63, 3.8) is 0 Å². The molecular weight excluding hydrogens is 236 g/mol. The van der Waals surface area contributed by atoms with Gasteiger partial charge in [0, 0.05) is 39.2 Å². The van der Waals surface area contributed by atoms with Gasteiger partial charge in [0.25, 0.3) is 0 Å². The largest absolute Gasteiger partial charge is 0.381 e. The highest BCUT2D eigenvalue weighted by Gasteiger charge is 2.27. The van der Waals surface area contributed by atoms with Gasteiger partial charge < -0.3 is 16.2 Å². The number of nitrogens with two attached hydrogens (primary N) is 2. The molecule has 0 aromatic heterocycles. The number of urea groups is 1. The van der Waals surface area contributed by atoms with Gasteiger partial charge in [-0.3, -0.25) is 15.0 Å². The zero-order valence-electron chi connectivity index (χ0n) is 10.7. The van der Waals surface area contributed by atoms with Crippen molar-refractivity contribution in [1.82, 2.24) is 10.2 Å². The highest BCUT2D eigenvalue weighted by Crippen LogP contribution is 2.19. The number of piperidine rings is 1. The highest BCUT2D eigenvalue weighted by molar-refractivity contribution is 5.93. The number of methoxy groups -OCH3 is 1. The number of ether oxygens (including phenoxy) is 1. The van der Waals surface area contributed by atoms with Gasteiger partial charge >= 0.3 is 6.03 Å². The third-order valence-electron chi connectivity index (χ3n) is 3.28. The first-order valence-corrected chi connectivity index (χ1v) is 6.13. The third kappa shape index (κ3) is 4.59. The van der Waals surface area contributed by atoms with Crippen LogP contribution in [0.15, 0.2) is 0 Å². The summed E-state index contributed by atoms with van der Waals surface area (Å²) in [4.78, 5) is 24.0. The molecule has 1 heterocycles. The van der Waals surface area contributed by atoms with Gasteiger partial charge in [-0.1, -0.05) is 0 Å². The number of nitrogens with one attached hydrogen (secondary N) is 1. The lowest BCUT2D eigenvalue weighted by molar-refractivity contribution is -0.120. The van der Waals surface area contributed by atoms with Crippen LogP contribution in [0.25, 0.3) is 0 Å². The first-order chi connectivity index (χ1) is 8.56. The summed E-state index contributed by atoms with van der Waals surface area (Å²) in [6, 6.07) is -0.585. The van der Waals surface area contributed by atoms with E-state index in [2.05, 4.69) is 10.2 Å². The number of rotatable bonds is 5. The average Bonchev–Trinajstić information content (AvgIpc) is 2.35. The van der Waals surface area contributed by atoms with Crippen LogP contribution < -0.4 is 16.8 Å². The molecule has 0 aromatic carbocycles. The second-order valence-electron chi connectivity index (χ2n) is 4.47. The molecule has 0 bridgehead atoms. The van der Waals surface area contributed by atoms with E-state index in [9.17, 15) is 9.59 Å². The topological polar surface area (TPSA) is 111 Å². The zero-order chi connectivity index (χ0) is 13.5. The number of nitrogens with zero attached hydrogens (tertiary/aromatic N) is 1. The fourth-order valence-electron chi connectivity index (χ4n) is 2.26. The molecule has 0 radical (unpaired) electrons. The van der Waals surface area contributed by atoms with Crippen LogP contribution in [0.5, 0.6) is 0 Å². The van der Waals surface area contributed by atoms with Gasteiger partial charge in [-0.2, -0.15) is 0 Å². The number of likely N-dealkylation sites (tertiary alicyclic amines) is 1. The quantitative estimate of drug-likeness (QED) is 0.586. The van der Waals surface area contributed by atoms with Crippen LogP contribution in [-0.4, -0.2) is 55.7 Å². The summed E-state index contributed by atoms with van der Waals surface area (Å²) in [5, 5.41) is 2.05. The summed E-state index contributed by atoms with van der Waals surface area (Å²) >= 11 is 0. The van der Waals surface area contributed by atoms with Gasteiger partial charge in [-0.25, -0.2) is 4.79 Å². The van der Waals surface area contributed by atoms with Crippen LogP contribution in [0.3, 0.4) is 0 Å². The van der Waals surface area contributed by atoms with Crippen LogP contribution >= 0.6 is 0 Å². The number of carbonyl (C=O) groups is 2. The van der Waals surface area contributed by atoms with Crippen LogP contribution in [0.4, 0.5) is 4.79 Å². The molecule has 0 aromatic rings. The van der Waals surface area contributed by atoms with Crippen molar-refractivity contribution in [3.05, 3.63) is 0 Å². The average molecular weight is 258 g/mol. The molecule has 2 atom stereocenters. The fourth-order valence-corrected chi connectivity index (χ4v) is 2.26. The molecule has 1 rings (SSSR count). The summed E-state index contributed by atoms with van der Waals surface area (Å²) < 4.78 is 5.33. The maximum Gasteiger partial charge on any atom is 0.318 e. The Hall–Kier alpha value is -1.18. The maximum absolute atomic E-state index is 11.3. The van der Waals surface area contributed by atoms with E-state index in [1.165, 1.54) is 0 Å². The van der Waals surface area contributed by atoms with E-state index in [-0.39, 0.29) is 24.5 Å². The summed E-state index contributed by atoms with van der Waals surface area (Å²) in [5.74, 6) is -0.355. The Kier molecular flexibility index (Phi) is 6.03. The van der Waals surface area contributed by atoms with Crippen LogP contribution in [0.2, 0.25) is 0 Å². The van der Waals surface area contributed by atoms with Crippen molar-refractivity contribution in [2.24, 2.45) is 11.5 Å². The minimum Gasteiger partial charge on any atom is -0.381 e. The molecule has 5 N–H and O–H groups in total. The Morgan fingerprint density at radius 2 is 2.22 bits per heavy atom.